The molecular weight excluding hydrogens is 409 g/mol. The number of carbonyl (C=O) groups excluding carboxylic acids is 1. The van der Waals surface area contributed by atoms with Gasteiger partial charge in [0.2, 0.25) is 0 Å². The molecule has 1 N–H and O–H groups in total. The number of fused-ring (bicyclic) bond motifs is 4. The standard InChI is InChI=1S/C25H24FN3OS/c26-16-12-10-15(11-13-16)23-22-19(18-8-4-5-9-20(18)27-22)14-21-24(30)28(25(31)29(21)23)17-6-2-1-3-7-17/h4-5,8-13,17,21,23,27H,1-3,6-7,14H2. The fourth-order valence-corrected chi connectivity index (χ4v) is 6.23. The van der Waals surface area contributed by atoms with Crippen LogP contribution in [-0.4, -0.2) is 37.9 Å². The molecule has 3 heterocycles. The molecule has 158 valence electrons. The number of hydrogen-bond donors (Lipinski definition) is 1. The molecule has 0 bridgehead atoms. The van der Waals surface area contributed by atoms with Crippen molar-refractivity contribution in [3.05, 3.63) is 71.2 Å². The summed E-state index contributed by atoms with van der Waals surface area (Å²) >= 11 is 5.95. The summed E-state index contributed by atoms with van der Waals surface area (Å²) in [6.45, 7) is 0. The lowest BCUT2D eigenvalue weighted by Gasteiger charge is -2.38. The van der Waals surface area contributed by atoms with Gasteiger partial charge in [0.1, 0.15) is 11.9 Å². The Balaban J connectivity index is 1.51. The first-order valence-electron chi connectivity index (χ1n) is 11.1. The van der Waals surface area contributed by atoms with Crippen molar-refractivity contribution >= 4 is 34.1 Å². The predicted molar refractivity (Wildman–Crippen MR) is 122 cm³/mol. The molecule has 31 heavy (non-hydrogen) atoms. The van der Waals surface area contributed by atoms with Crippen molar-refractivity contribution in [1.29, 1.82) is 0 Å². The van der Waals surface area contributed by atoms with Crippen molar-refractivity contribution in [1.82, 2.24) is 14.8 Å². The van der Waals surface area contributed by atoms with E-state index in [-0.39, 0.29) is 29.8 Å². The van der Waals surface area contributed by atoms with Gasteiger partial charge in [-0.1, -0.05) is 49.6 Å². The Morgan fingerprint density at radius 3 is 2.52 bits per heavy atom. The van der Waals surface area contributed by atoms with Gasteiger partial charge in [-0.2, -0.15) is 0 Å². The van der Waals surface area contributed by atoms with Gasteiger partial charge in [0, 0.05) is 29.1 Å². The second-order valence-corrected chi connectivity index (χ2v) is 9.29. The topological polar surface area (TPSA) is 39.3 Å². The van der Waals surface area contributed by atoms with E-state index in [0.717, 1.165) is 47.8 Å². The molecule has 1 saturated carbocycles. The molecule has 3 aliphatic rings. The second-order valence-electron chi connectivity index (χ2n) is 8.93. The van der Waals surface area contributed by atoms with Crippen LogP contribution in [0.3, 0.4) is 0 Å². The van der Waals surface area contributed by atoms with Crippen LogP contribution < -0.4 is 0 Å². The summed E-state index contributed by atoms with van der Waals surface area (Å²) in [6.07, 6.45) is 6.19. The van der Waals surface area contributed by atoms with E-state index in [2.05, 4.69) is 22.0 Å². The lowest BCUT2D eigenvalue weighted by atomic mass is 9.89. The molecule has 1 aromatic heterocycles. The number of nitrogens with zero attached hydrogens (tertiary/aromatic N) is 2. The summed E-state index contributed by atoms with van der Waals surface area (Å²) < 4.78 is 13.7. The second kappa shape index (κ2) is 7.16. The molecule has 4 nitrogen and oxygen atoms in total. The number of aromatic amines is 1. The Kier molecular flexibility index (Phi) is 4.39. The van der Waals surface area contributed by atoms with Crippen molar-refractivity contribution < 1.29 is 9.18 Å². The first-order valence-corrected chi connectivity index (χ1v) is 11.5. The van der Waals surface area contributed by atoms with Crippen LogP contribution in [0.25, 0.3) is 10.9 Å². The number of benzene rings is 2. The maximum Gasteiger partial charge on any atom is 0.252 e. The highest BCUT2D eigenvalue weighted by Crippen LogP contribution is 2.45. The van der Waals surface area contributed by atoms with Crippen molar-refractivity contribution in [2.45, 2.75) is 56.7 Å². The third-order valence-electron chi connectivity index (χ3n) is 7.21. The Morgan fingerprint density at radius 1 is 1.00 bits per heavy atom. The number of hydrogen-bond acceptors (Lipinski definition) is 2. The molecule has 2 aromatic carbocycles. The van der Waals surface area contributed by atoms with Gasteiger partial charge in [-0.3, -0.25) is 9.69 Å². The Morgan fingerprint density at radius 2 is 1.74 bits per heavy atom. The molecule has 2 atom stereocenters. The van der Waals surface area contributed by atoms with E-state index in [4.69, 9.17) is 12.2 Å². The minimum atomic E-state index is -0.309. The largest absolute Gasteiger partial charge is 0.356 e. The van der Waals surface area contributed by atoms with E-state index in [1.165, 1.54) is 24.1 Å². The first-order chi connectivity index (χ1) is 15.1. The zero-order valence-corrected chi connectivity index (χ0v) is 18.0. The van der Waals surface area contributed by atoms with Gasteiger partial charge in [-0.25, -0.2) is 4.39 Å². The van der Waals surface area contributed by atoms with Crippen LogP contribution in [0.5, 0.6) is 0 Å². The number of nitrogens with one attached hydrogen (secondary N) is 1. The lowest BCUT2D eigenvalue weighted by Crippen LogP contribution is -2.44. The molecule has 1 amide bonds. The number of rotatable bonds is 2. The summed E-state index contributed by atoms with van der Waals surface area (Å²) in [7, 11) is 0. The molecule has 3 aromatic rings. The third kappa shape index (κ3) is 2.84. The maximum atomic E-state index is 13.7. The highest BCUT2D eigenvalue weighted by molar-refractivity contribution is 7.80. The lowest BCUT2D eigenvalue weighted by molar-refractivity contribution is -0.130. The zero-order valence-electron chi connectivity index (χ0n) is 17.2. The third-order valence-corrected chi connectivity index (χ3v) is 7.61. The summed E-state index contributed by atoms with van der Waals surface area (Å²) in [4.78, 5) is 21.3. The molecule has 1 saturated heterocycles. The number of aromatic nitrogens is 1. The summed E-state index contributed by atoms with van der Waals surface area (Å²) in [6, 6.07) is 14.5. The quantitative estimate of drug-likeness (QED) is 0.573. The SMILES string of the molecule is O=C1C2Cc3c([nH]c4ccccc34)C(c3ccc(F)cc3)N2C(=S)N1C1CCCCC1. The van der Waals surface area contributed by atoms with Crippen LogP contribution in [0, 0.1) is 5.82 Å². The fourth-order valence-electron chi connectivity index (χ4n) is 5.76. The molecule has 1 aliphatic carbocycles. The van der Waals surface area contributed by atoms with Gasteiger partial charge < -0.3 is 9.88 Å². The maximum absolute atomic E-state index is 13.7. The normalized spacial score (nSPS) is 24.0. The molecule has 0 spiro atoms. The van der Waals surface area contributed by atoms with E-state index < -0.39 is 0 Å². The number of halogens is 1. The van der Waals surface area contributed by atoms with Crippen LogP contribution in [0.1, 0.15) is 55.0 Å². The average Bonchev–Trinajstić information content (AvgIpc) is 3.29. The van der Waals surface area contributed by atoms with E-state index in [1.54, 1.807) is 0 Å². The van der Waals surface area contributed by atoms with Crippen LogP contribution >= 0.6 is 12.2 Å². The molecule has 0 radical (unpaired) electrons. The van der Waals surface area contributed by atoms with Gasteiger partial charge in [0.25, 0.3) is 5.91 Å². The minimum absolute atomic E-state index is 0.125. The monoisotopic (exact) mass is 433 g/mol. The predicted octanol–water partition coefficient (Wildman–Crippen LogP) is 5.08. The zero-order chi connectivity index (χ0) is 21.1. The number of amides is 1. The van der Waals surface area contributed by atoms with Crippen LogP contribution in [0.4, 0.5) is 4.39 Å². The summed E-state index contributed by atoms with van der Waals surface area (Å²) in [5.74, 6) is -0.142. The average molecular weight is 434 g/mol. The first kappa shape index (κ1) is 19.0. The van der Waals surface area contributed by atoms with Gasteiger partial charge in [-0.15, -0.1) is 0 Å². The molecular formula is C25H24FN3OS. The van der Waals surface area contributed by atoms with E-state index in [1.807, 2.05) is 29.2 Å². The van der Waals surface area contributed by atoms with Crippen molar-refractivity contribution in [3.8, 4) is 0 Å². The molecule has 2 aliphatic heterocycles. The summed E-state index contributed by atoms with van der Waals surface area (Å²) in [5, 5.41) is 1.78. The van der Waals surface area contributed by atoms with Crippen LogP contribution in [0.2, 0.25) is 0 Å². The van der Waals surface area contributed by atoms with E-state index in [9.17, 15) is 9.18 Å². The van der Waals surface area contributed by atoms with Crippen LogP contribution in [-0.2, 0) is 11.2 Å². The molecule has 6 heteroatoms. The summed E-state index contributed by atoms with van der Waals surface area (Å²) in [5.41, 5.74) is 4.24. The highest BCUT2D eigenvalue weighted by Gasteiger charge is 2.52. The minimum Gasteiger partial charge on any atom is -0.356 e. The molecule has 2 unspecified atom stereocenters. The Labute approximate surface area is 186 Å². The van der Waals surface area contributed by atoms with Gasteiger partial charge >= 0.3 is 0 Å². The Hall–Kier alpha value is -2.73. The number of carbonyl (C=O) groups is 1. The van der Waals surface area contributed by atoms with Gasteiger partial charge in [0.05, 0.1) is 6.04 Å². The molecule has 6 rings (SSSR count). The Bertz CT molecular complexity index is 1180. The fraction of sp³-hybridized carbons (Fsp3) is 0.360. The van der Waals surface area contributed by atoms with Crippen molar-refractivity contribution in [2.24, 2.45) is 0 Å². The van der Waals surface area contributed by atoms with E-state index in [0.29, 0.717) is 11.5 Å². The highest BCUT2D eigenvalue weighted by atomic mass is 32.1. The van der Waals surface area contributed by atoms with Crippen molar-refractivity contribution in [3.63, 3.8) is 0 Å². The van der Waals surface area contributed by atoms with Crippen molar-refractivity contribution in [2.75, 3.05) is 0 Å². The number of thiocarbonyl (C=S) groups is 1. The number of H-pyrrole nitrogens is 1. The molecule has 2 fully saturated rings. The smallest absolute Gasteiger partial charge is 0.252 e. The van der Waals surface area contributed by atoms with Crippen LogP contribution in [0.15, 0.2) is 48.5 Å². The van der Waals surface area contributed by atoms with Gasteiger partial charge in [0.15, 0.2) is 5.11 Å². The van der Waals surface area contributed by atoms with E-state index >= 15 is 0 Å². The van der Waals surface area contributed by atoms with Gasteiger partial charge in [-0.05, 0) is 54.4 Å². The number of para-hydroxylation sites is 1.